The lowest BCUT2D eigenvalue weighted by molar-refractivity contribution is 0.174. The molecule has 2 aromatic heterocycles. The van der Waals surface area contributed by atoms with Crippen molar-refractivity contribution in [3.05, 3.63) is 47.8 Å². The molecule has 1 atom stereocenters. The highest BCUT2D eigenvalue weighted by Crippen LogP contribution is 2.38. The number of pyridine rings is 1. The first-order valence-electron chi connectivity index (χ1n) is 7.46. The van der Waals surface area contributed by atoms with Gasteiger partial charge in [-0.25, -0.2) is 4.98 Å². The summed E-state index contributed by atoms with van der Waals surface area (Å²) in [5.74, 6) is 1.18. The van der Waals surface area contributed by atoms with E-state index in [1.807, 2.05) is 54.6 Å². The van der Waals surface area contributed by atoms with Crippen molar-refractivity contribution in [1.82, 2.24) is 9.38 Å². The van der Waals surface area contributed by atoms with E-state index in [0.717, 1.165) is 34.0 Å². The topological polar surface area (TPSA) is 59.5 Å². The molecule has 3 aromatic rings. The normalized spacial score (nSPS) is 14.0. The smallest absolute Gasteiger partial charge is 0.231 e. The lowest BCUT2D eigenvalue weighted by atomic mass is 10.0. The Balaban J connectivity index is 2.00. The van der Waals surface area contributed by atoms with Crippen molar-refractivity contribution >= 4 is 5.65 Å². The minimum absolute atomic E-state index is 0.241. The van der Waals surface area contributed by atoms with Crippen molar-refractivity contribution < 1.29 is 9.47 Å². The summed E-state index contributed by atoms with van der Waals surface area (Å²) in [6, 6.07) is 14.0. The van der Waals surface area contributed by atoms with Gasteiger partial charge in [0.05, 0.1) is 23.4 Å². The molecule has 0 aliphatic carbocycles. The molecule has 5 nitrogen and oxygen atoms in total. The summed E-state index contributed by atoms with van der Waals surface area (Å²) in [7, 11) is 0. The summed E-state index contributed by atoms with van der Waals surface area (Å²) in [6.07, 6.45) is 0. The maximum absolute atomic E-state index is 9.45. The monoisotopic (exact) mass is 305 g/mol. The number of fused-ring (bicyclic) bond motifs is 2. The molecule has 0 radical (unpaired) electrons. The van der Waals surface area contributed by atoms with Gasteiger partial charge in [0.1, 0.15) is 5.65 Å². The van der Waals surface area contributed by atoms with Crippen LogP contribution in [0.2, 0.25) is 0 Å². The van der Waals surface area contributed by atoms with Crippen molar-refractivity contribution in [1.29, 1.82) is 5.26 Å². The van der Waals surface area contributed by atoms with Crippen LogP contribution >= 0.6 is 0 Å². The predicted molar refractivity (Wildman–Crippen MR) is 85.5 cm³/mol. The highest BCUT2D eigenvalue weighted by Gasteiger charge is 2.22. The van der Waals surface area contributed by atoms with Gasteiger partial charge in [-0.3, -0.25) is 4.40 Å². The summed E-state index contributed by atoms with van der Waals surface area (Å²) >= 11 is 0. The number of ether oxygens (including phenoxy) is 2. The van der Waals surface area contributed by atoms with Crippen LogP contribution in [0.15, 0.2) is 36.4 Å². The lowest BCUT2D eigenvalue weighted by Crippen LogP contribution is -2.01. The van der Waals surface area contributed by atoms with Gasteiger partial charge in [0.2, 0.25) is 6.79 Å². The van der Waals surface area contributed by atoms with E-state index < -0.39 is 0 Å². The third-order valence-corrected chi connectivity index (χ3v) is 4.12. The van der Waals surface area contributed by atoms with Crippen LogP contribution in [-0.2, 0) is 0 Å². The standard InChI is InChI=1S/C18H15N3O2/c1-11(9-19)18-17(20-16-5-3-4-12(2)21(16)18)13-6-7-14-15(8-13)23-10-22-14/h3-8,11H,10H2,1-2H3. The number of rotatable bonds is 2. The molecule has 3 heterocycles. The Hall–Kier alpha value is -3.00. The molecule has 4 rings (SSSR count). The largest absolute Gasteiger partial charge is 0.454 e. The SMILES string of the molecule is Cc1cccc2nc(-c3ccc4c(c3)OCO4)c(C(C)C#N)n12. The highest BCUT2D eigenvalue weighted by atomic mass is 16.7. The quantitative estimate of drug-likeness (QED) is 0.725. The van der Waals surface area contributed by atoms with Crippen LogP contribution in [0.1, 0.15) is 24.2 Å². The molecule has 0 N–H and O–H groups in total. The molecule has 5 heteroatoms. The van der Waals surface area contributed by atoms with Gasteiger partial charge in [-0.1, -0.05) is 6.07 Å². The number of nitrogens with zero attached hydrogens (tertiary/aromatic N) is 3. The van der Waals surface area contributed by atoms with Gasteiger partial charge >= 0.3 is 0 Å². The Morgan fingerprint density at radius 1 is 1.22 bits per heavy atom. The van der Waals surface area contributed by atoms with Gasteiger partial charge < -0.3 is 9.47 Å². The van der Waals surface area contributed by atoms with Crippen molar-refractivity contribution in [3.8, 4) is 28.8 Å². The highest BCUT2D eigenvalue weighted by molar-refractivity contribution is 5.71. The minimum Gasteiger partial charge on any atom is -0.454 e. The van der Waals surface area contributed by atoms with E-state index in [1.54, 1.807) is 0 Å². The Morgan fingerprint density at radius 3 is 2.87 bits per heavy atom. The molecule has 1 unspecified atom stereocenters. The maximum atomic E-state index is 9.45. The second kappa shape index (κ2) is 5.03. The third-order valence-electron chi connectivity index (χ3n) is 4.12. The first-order valence-corrected chi connectivity index (χ1v) is 7.46. The second-order valence-electron chi connectivity index (χ2n) is 5.63. The van der Waals surface area contributed by atoms with Crippen LogP contribution in [-0.4, -0.2) is 16.2 Å². The summed E-state index contributed by atoms with van der Waals surface area (Å²) in [6.45, 7) is 4.16. The molecular formula is C18H15N3O2. The van der Waals surface area contributed by atoms with Crippen LogP contribution in [0.5, 0.6) is 11.5 Å². The fourth-order valence-corrected chi connectivity index (χ4v) is 3.00. The Kier molecular flexibility index (Phi) is 2.98. The molecule has 1 aliphatic heterocycles. The molecule has 1 aliphatic rings. The van der Waals surface area contributed by atoms with E-state index in [-0.39, 0.29) is 12.7 Å². The fourth-order valence-electron chi connectivity index (χ4n) is 3.00. The molecule has 1 aromatic carbocycles. The maximum Gasteiger partial charge on any atom is 0.231 e. The molecule has 23 heavy (non-hydrogen) atoms. The van der Waals surface area contributed by atoms with Crippen molar-refractivity contribution in [2.45, 2.75) is 19.8 Å². The van der Waals surface area contributed by atoms with Crippen LogP contribution < -0.4 is 9.47 Å². The third kappa shape index (κ3) is 2.03. The zero-order chi connectivity index (χ0) is 16.0. The molecule has 0 fully saturated rings. The van der Waals surface area contributed by atoms with Gasteiger partial charge in [0.15, 0.2) is 11.5 Å². The number of nitriles is 1. The predicted octanol–water partition coefficient (Wildman–Crippen LogP) is 3.67. The second-order valence-corrected chi connectivity index (χ2v) is 5.63. The van der Waals surface area contributed by atoms with Gasteiger partial charge in [0.25, 0.3) is 0 Å². The fraction of sp³-hybridized carbons (Fsp3) is 0.222. The van der Waals surface area contributed by atoms with Crippen molar-refractivity contribution in [2.75, 3.05) is 6.79 Å². The van der Waals surface area contributed by atoms with Crippen LogP contribution in [0.25, 0.3) is 16.9 Å². The van der Waals surface area contributed by atoms with E-state index in [2.05, 4.69) is 6.07 Å². The molecule has 0 saturated heterocycles. The van der Waals surface area contributed by atoms with E-state index in [1.165, 1.54) is 0 Å². The molecule has 0 bridgehead atoms. The molecule has 114 valence electrons. The molecule has 0 saturated carbocycles. The summed E-state index contributed by atoms with van der Waals surface area (Å²) in [5.41, 5.74) is 4.54. The molecule has 0 amide bonds. The minimum atomic E-state index is -0.272. The van der Waals surface area contributed by atoms with E-state index in [9.17, 15) is 5.26 Å². The van der Waals surface area contributed by atoms with Crippen LogP contribution in [0.4, 0.5) is 0 Å². The number of imidazole rings is 1. The Morgan fingerprint density at radius 2 is 2.04 bits per heavy atom. The molecular weight excluding hydrogens is 290 g/mol. The van der Waals surface area contributed by atoms with Crippen molar-refractivity contribution in [2.24, 2.45) is 0 Å². The lowest BCUT2D eigenvalue weighted by Gasteiger charge is -2.09. The van der Waals surface area contributed by atoms with E-state index in [0.29, 0.717) is 5.75 Å². The first-order chi connectivity index (χ1) is 11.2. The Labute approximate surface area is 133 Å². The molecule has 0 spiro atoms. The van der Waals surface area contributed by atoms with Gasteiger partial charge in [-0.2, -0.15) is 5.26 Å². The van der Waals surface area contributed by atoms with Crippen LogP contribution in [0.3, 0.4) is 0 Å². The summed E-state index contributed by atoms with van der Waals surface area (Å²) in [4.78, 5) is 4.75. The van der Waals surface area contributed by atoms with Crippen molar-refractivity contribution in [3.63, 3.8) is 0 Å². The number of benzene rings is 1. The summed E-state index contributed by atoms with van der Waals surface area (Å²) < 4.78 is 12.9. The van der Waals surface area contributed by atoms with Gasteiger partial charge in [-0.05, 0) is 44.2 Å². The van der Waals surface area contributed by atoms with Gasteiger partial charge in [-0.15, -0.1) is 0 Å². The van der Waals surface area contributed by atoms with E-state index in [4.69, 9.17) is 14.5 Å². The number of hydrogen-bond acceptors (Lipinski definition) is 4. The number of hydrogen-bond donors (Lipinski definition) is 0. The van der Waals surface area contributed by atoms with Gasteiger partial charge in [0, 0.05) is 11.3 Å². The van der Waals surface area contributed by atoms with Crippen LogP contribution in [0, 0.1) is 18.3 Å². The Bertz CT molecular complexity index is 953. The first kappa shape index (κ1) is 13.6. The average Bonchev–Trinajstić information content (AvgIpc) is 3.18. The summed E-state index contributed by atoms with van der Waals surface area (Å²) in [5, 5.41) is 9.45. The number of aromatic nitrogens is 2. The van der Waals surface area contributed by atoms with E-state index >= 15 is 0 Å². The zero-order valence-electron chi connectivity index (χ0n) is 12.9. The number of aryl methyl sites for hydroxylation is 1. The average molecular weight is 305 g/mol. The zero-order valence-corrected chi connectivity index (χ0v) is 12.9.